The number of nitrogens with one attached hydrogen (secondary N) is 1. The molecule has 2 rings (SSSR count). The Kier molecular flexibility index (Phi) is 4.50. The first-order valence-corrected chi connectivity index (χ1v) is 6.60. The lowest BCUT2D eigenvalue weighted by Crippen LogP contribution is -2.26. The summed E-state index contributed by atoms with van der Waals surface area (Å²) in [6.45, 7) is 5.31. The van der Waals surface area contributed by atoms with E-state index in [0.717, 1.165) is 5.69 Å². The molecule has 102 valence electrons. The molecule has 0 aromatic carbocycles. The van der Waals surface area contributed by atoms with Crippen molar-refractivity contribution in [2.45, 2.75) is 26.4 Å². The van der Waals surface area contributed by atoms with Crippen molar-refractivity contribution in [1.29, 1.82) is 0 Å². The molecule has 0 saturated carbocycles. The van der Waals surface area contributed by atoms with Crippen molar-refractivity contribution in [3.8, 4) is 0 Å². The third kappa shape index (κ3) is 2.77. The summed E-state index contributed by atoms with van der Waals surface area (Å²) in [5.41, 5.74) is 1.30. The highest BCUT2D eigenvalue weighted by atomic mass is 35.5. The Balaban J connectivity index is 2.51. The molecule has 0 amide bonds. The molecule has 2 aromatic heterocycles. The number of hydrogen-bond acceptors (Lipinski definition) is 3. The number of hydrogen-bond donors (Lipinski definition) is 1. The maximum Gasteiger partial charge on any atom is 0.146 e. The maximum atomic E-state index is 13.9. The summed E-state index contributed by atoms with van der Waals surface area (Å²) in [4.78, 5) is 3.78. The predicted molar refractivity (Wildman–Crippen MR) is 72.6 cm³/mol. The summed E-state index contributed by atoms with van der Waals surface area (Å²) in [7, 11) is 0. The summed E-state index contributed by atoms with van der Waals surface area (Å²) in [6.07, 6.45) is 4.37. The predicted octanol–water partition coefficient (Wildman–Crippen LogP) is 2.79. The van der Waals surface area contributed by atoms with Crippen molar-refractivity contribution in [2.24, 2.45) is 0 Å². The van der Waals surface area contributed by atoms with E-state index >= 15 is 0 Å². The van der Waals surface area contributed by atoms with Gasteiger partial charge in [-0.25, -0.2) is 4.39 Å². The third-order valence-corrected chi connectivity index (χ3v) is 3.22. The molecule has 1 unspecified atom stereocenters. The van der Waals surface area contributed by atoms with Gasteiger partial charge in [0.05, 0.1) is 29.2 Å². The van der Waals surface area contributed by atoms with E-state index in [1.165, 1.54) is 6.20 Å². The fourth-order valence-electron chi connectivity index (χ4n) is 2.09. The van der Waals surface area contributed by atoms with E-state index in [2.05, 4.69) is 15.4 Å². The molecule has 2 heterocycles. The molecule has 0 bridgehead atoms. The number of rotatable bonds is 5. The lowest BCUT2D eigenvalue weighted by atomic mass is 10.0. The fourth-order valence-corrected chi connectivity index (χ4v) is 2.34. The van der Waals surface area contributed by atoms with Gasteiger partial charge >= 0.3 is 0 Å². The van der Waals surface area contributed by atoms with E-state index in [1.54, 1.807) is 23.1 Å². The van der Waals surface area contributed by atoms with Crippen LogP contribution in [-0.4, -0.2) is 21.3 Å². The standard InChI is InChI=1S/C13H16ClFN4/c1-3-17-12(9-5-6-16-8-11(9)15)13-10(14)7-18-19(13)4-2/h5-8,12,17H,3-4H2,1-2H3. The monoisotopic (exact) mass is 282 g/mol. The minimum absolute atomic E-state index is 0.331. The number of pyridine rings is 1. The lowest BCUT2D eigenvalue weighted by molar-refractivity contribution is 0.513. The molecule has 0 saturated heterocycles. The Labute approximate surface area is 116 Å². The van der Waals surface area contributed by atoms with Gasteiger partial charge in [-0.1, -0.05) is 18.5 Å². The number of nitrogens with zero attached hydrogens (tertiary/aromatic N) is 3. The molecule has 0 fully saturated rings. The fraction of sp³-hybridized carbons (Fsp3) is 0.385. The molecule has 0 aliphatic heterocycles. The minimum Gasteiger partial charge on any atom is -0.305 e. The van der Waals surface area contributed by atoms with E-state index in [1.807, 2.05) is 13.8 Å². The molecular formula is C13H16ClFN4. The van der Waals surface area contributed by atoms with E-state index in [9.17, 15) is 4.39 Å². The van der Waals surface area contributed by atoms with E-state index in [4.69, 9.17) is 11.6 Å². The van der Waals surface area contributed by atoms with Crippen LogP contribution in [0.15, 0.2) is 24.7 Å². The van der Waals surface area contributed by atoms with Crippen LogP contribution < -0.4 is 5.32 Å². The third-order valence-electron chi connectivity index (χ3n) is 2.93. The summed E-state index contributed by atoms with van der Waals surface area (Å²) in [5.74, 6) is -0.353. The summed E-state index contributed by atoms with van der Waals surface area (Å²) in [5, 5.41) is 7.98. The lowest BCUT2D eigenvalue weighted by Gasteiger charge is -2.20. The number of aromatic nitrogens is 3. The molecule has 0 aliphatic rings. The summed E-state index contributed by atoms with van der Waals surface area (Å²) >= 11 is 6.20. The van der Waals surface area contributed by atoms with E-state index in [0.29, 0.717) is 23.7 Å². The van der Waals surface area contributed by atoms with Crippen molar-refractivity contribution >= 4 is 11.6 Å². The van der Waals surface area contributed by atoms with Crippen molar-refractivity contribution in [2.75, 3.05) is 6.54 Å². The first kappa shape index (κ1) is 14.0. The van der Waals surface area contributed by atoms with Crippen LogP contribution in [0.2, 0.25) is 5.02 Å². The highest BCUT2D eigenvalue weighted by Gasteiger charge is 2.23. The Hall–Kier alpha value is -1.46. The molecule has 19 heavy (non-hydrogen) atoms. The Bertz CT molecular complexity index is 555. The van der Waals surface area contributed by atoms with Crippen molar-refractivity contribution in [1.82, 2.24) is 20.1 Å². The van der Waals surface area contributed by atoms with Crippen LogP contribution in [0.4, 0.5) is 4.39 Å². The van der Waals surface area contributed by atoms with Gasteiger partial charge in [0.15, 0.2) is 0 Å². The van der Waals surface area contributed by atoms with Crippen molar-refractivity contribution in [3.05, 3.63) is 46.8 Å². The van der Waals surface area contributed by atoms with Gasteiger partial charge in [0.2, 0.25) is 0 Å². The SMILES string of the molecule is CCNC(c1ccncc1F)c1c(Cl)cnn1CC. The van der Waals surface area contributed by atoms with Gasteiger partial charge in [-0.2, -0.15) is 5.10 Å². The van der Waals surface area contributed by atoms with Gasteiger partial charge < -0.3 is 5.32 Å². The van der Waals surface area contributed by atoms with Gasteiger partial charge in [0.1, 0.15) is 5.82 Å². The smallest absolute Gasteiger partial charge is 0.146 e. The van der Waals surface area contributed by atoms with Crippen LogP contribution in [0.5, 0.6) is 0 Å². The Morgan fingerprint density at radius 2 is 2.21 bits per heavy atom. The second-order valence-electron chi connectivity index (χ2n) is 4.08. The van der Waals surface area contributed by atoms with E-state index in [-0.39, 0.29) is 11.9 Å². The van der Waals surface area contributed by atoms with Crippen LogP contribution in [-0.2, 0) is 6.54 Å². The quantitative estimate of drug-likeness (QED) is 0.917. The zero-order valence-corrected chi connectivity index (χ0v) is 11.7. The first-order valence-electron chi connectivity index (χ1n) is 6.23. The average molecular weight is 283 g/mol. The second-order valence-corrected chi connectivity index (χ2v) is 4.49. The topological polar surface area (TPSA) is 42.7 Å². The number of aryl methyl sites for hydroxylation is 1. The molecule has 1 atom stereocenters. The van der Waals surface area contributed by atoms with Crippen LogP contribution in [0.25, 0.3) is 0 Å². The molecule has 0 spiro atoms. The normalized spacial score (nSPS) is 12.6. The van der Waals surface area contributed by atoms with Crippen LogP contribution in [0, 0.1) is 5.82 Å². The van der Waals surface area contributed by atoms with Crippen LogP contribution >= 0.6 is 11.6 Å². The largest absolute Gasteiger partial charge is 0.305 e. The Morgan fingerprint density at radius 3 is 2.84 bits per heavy atom. The number of halogens is 2. The highest BCUT2D eigenvalue weighted by Crippen LogP contribution is 2.29. The molecule has 6 heteroatoms. The first-order chi connectivity index (χ1) is 9.19. The van der Waals surface area contributed by atoms with Crippen LogP contribution in [0.3, 0.4) is 0 Å². The van der Waals surface area contributed by atoms with Crippen molar-refractivity contribution < 1.29 is 4.39 Å². The van der Waals surface area contributed by atoms with Gasteiger partial charge in [-0.15, -0.1) is 0 Å². The molecular weight excluding hydrogens is 267 g/mol. The van der Waals surface area contributed by atoms with Gasteiger partial charge in [-0.3, -0.25) is 9.67 Å². The molecule has 0 aliphatic carbocycles. The summed E-state index contributed by atoms with van der Waals surface area (Å²) < 4.78 is 15.7. The average Bonchev–Trinajstić information content (AvgIpc) is 2.78. The van der Waals surface area contributed by atoms with Gasteiger partial charge in [-0.05, 0) is 19.5 Å². The minimum atomic E-state index is -0.353. The van der Waals surface area contributed by atoms with Gasteiger partial charge in [0, 0.05) is 18.3 Å². The van der Waals surface area contributed by atoms with E-state index < -0.39 is 0 Å². The van der Waals surface area contributed by atoms with Gasteiger partial charge in [0.25, 0.3) is 0 Å². The zero-order valence-electron chi connectivity index (χ0n) is 10.9. The van der Waals surface area contributed by atoms with Crippen molar-refractivity contribution in [3.63, 3.8) is 0 Å². The highest BCUT2D eigenvalue weighted by molar-refractivity contribution is 6.31. The van der Waals surface area contributed by atoms with Crippen LogP contribution in [0.1, 0.15) is 31.1 Å². The maximum absolute atomic E-state index is 13.9. The summed E-state index contributed by atoms with van der Waals surface area (Å²) in [6, 6.07) is 1.33. The molecule has 2 aromatic rings. The molecule has 0 radical (unpaired) electrons. The zero-order chi connectivity index (χ0) is 13.8. The Morgan fingerprint density at radius 1 is 1.42 bits per heavy atom. The molecule has 4 nitrogen and oxygen atoms in total. The molecule has 1 N–H and O–H groups in total. The second kappa shape index (κ2) is 6.12.